The summed E-state index contributed by atoms with van der Waals surface area (Å²) in [5, 5.41) is 3.00. The molecule has 1 aromatic heterocycles. The Morgan fingerprint density at radius 1 is 1.07 bits per heavy atom. The number of likely N-dealkylation sites (tertiary alicyclic amines) is 1. The maximum atomic E-state index is 12.7. The number of nitrogens with zero attached hydrogens (tertiary/aromatic N) is 3. The van der Waals surface area contributed by atoms with Crippen LogP contribution in [0.3, 0.4) is 0 Å². The number of fused-ring (bicyclic) bond motifs is 1. The fourth-order valence-corrected chi connectivity index (χ4v) is 5.76. The van der Waals surface area contributed by atoms with E-state index >= 15 is 0 Å². The van der Waals surface area contributed by atoms with Crippen molar-refractivity contribution in [1.82, 2.24) is 19.0 Å². The SMILES string of the molecule is O=C(CCS(=O)(=O)c1cccc2nsnc12)NC1CCN(Cc2ccccc2)CC1. The van der Waals surface area contributed by atoms with Crippen molar-refractivity contribution < 1.29 is 13.2 Å². The molecule has 9 heteroatoms. The molecule has 0 bridgehead atoms. The van der Waals surface area contributed by atoms with E-state index in [1.54, 1.807) is 12.1 Å². The first-order valence-electron chi connectivity index (χ1n) is 10.0. The molecule has 1 aliphatic rings. The van der Waals surface area contributed by atoms with Crippen LogP contribution in [0.1, 0.15) is 24.8 Å². The number of piperidine rings is 1. The van der Waals surface area contributed by atoms with Crippen molar-refractivity contribution >= 4 is 38.5 Å². The molecule has 0 atom stereocenters. The zero-order valence-corrected chi connectivity index (χ0v) is 18.2. The molecule has 158 valence electrons. The number of carbonyl (C=O) groups is 1. The molecule has 1 saturated heterocycles. The van der Waals surface area contributed by atoms with Crippen molar-refractivity contribution in [3.63, 3.8) is 0 Å². The maximum absolute atomic E-state index is 12.7. The van der Waals surface area contributed by atoms with E-state index < -0.39 is 9.84 Å². The lowest BCUT2D eigenvalue weighted by molar-refractivity contribution is -0.121. The van der Waals surface area contributed by atoms with Crippen LogP contribution in [0.25, 0.3) is 11.0 Å². The van der Waals surface area contributed by atoms with Crippen LogP contribution in [0.2, 0.25) is 0 Å². The van der Waals surface area contributed by atoms with Crippen molar-refractivity contribution in [3.8, 4) is 0 Å². The molecule has 30 heavy (non-hydrogen) atoms. The van der Waals surface area contributed by atoms with Gasteiger partial charge in [0.2, 0.25) is 5.91 Å². The molecular formula is C21H24N4O3S2. The van der Waals surface area contributed by atoms with Gasteiger partial charge in [-0.1, -0.05) is 36.4 Å². The molecule has 0 saturated carbocycles. The third-order valence-electron chi connectivity index (χ3n) is 5.38. The third-order valence-corrected chi connectivity index (χ3v) is 7.67. The van der Waals surface area contributed by atoms with Crippen LogP contribution in [0.15, 0.2) is 53.4 Å². The molecule has 1 amide bonds. The fraction of sp³-hybridized carbons (Fsp3) is 0.381. The van der Waals surface area contributed by atoms with Crippen molar-refractivity contribution in [2.24, 2.45) is 0 Å². The standard InChI is InChI=1S/C21H24N4O3S2/c26-20(11-14-30(27,28)19-8-4-7-18-21(19)24-29-23-18)22-17-9-12-25(13-10-17)15-16-5-2-1-3-6-16/h1-8,17H,9-15H2,(H,22,26). The smallest absolute Gasteiger partial charge is 0.221 e. The average molecular weight is 445 g/mol. The molecule has 1 fully saturated rings. The van der Waals surface area contributed by atoms with E-state index in [1.807, 2.05) is 18.2 Å². The predicted octanol–water partition coefficient (Wildman–Crippen LogP) is 2.64. The maximum Gasteiger partial charge on any atom is 0.221 e. The Morgan fingerprint density at radius 2 is 1.83 bits per heavy atom. The first-order chi connectivity index (χ1) is 14.5. The van der Waals surface area contributed by atoms with Gasteiger partial charge in [-0.05, 0) is 30.5 Å². The van der Waals surface area contributed by atoms with Crippen LogP contribution >= 0.6 is 11.7 Å². The Kier molecular flexibility index (Phi) is 6.40. The van der Waals surface area contributed by atoms with Crippen LogP contribution in [-0.4, -0.2) is 52.9 Å². The van der Waals surface area contributed by atoms with Crippen LogP contribution in [0, 0.1) is 0 Å². The Bertz CT molecular complexity index is 1110. The second kappa shape index (κ2) is 9.20. The summed E-state index contributed by atoms with van der Waals surface area (Å²) < 4.78 is 33.6. The van der Waals surface area contributed by atoms with Crippen LogP contribution in [-0.2, 0) is 21.2 Å². The summed E-state index contributed by atoms with van der Waals surface area (Å²) in [6.07, 6.45) is 1.69. The zero-order chi connectivity index (χ0) is 21.0. The molecule has 1 N–H and O–H groups in total. The molecule has 0 unspecified atom stereocenters. The van der Waals surface area contributed by atoms with Gasteiger partial charge in [0.05, 0.1) is 22.4 Å². The number of amides is 1. The summed E-state index contributed by atoms with van der Waals surface area (Å²) in [6, 6.07) is 15.3. The molecule has 7 nitrogen and oxygen atoms in total. The highest BCUT2D eigenvalue weighted by atomic mass is 32.2. The van der Waals surface area contributed by atoms with Gasteiger partial charge >= 0.3 is 0 Å². The molecule has 2 aromatic carbocycles. The molecule has 3 aromatic rings. The average Bonchev–Trinajstić information content (AvgIpc) is 3.23. The second-order valence-corrected chi connectivity index (χ2v) is 10.2. The van der Waals surface area contributed by atoms with Gasteiger partial charge < -0.3 is 5.32 Å². The Labute approximate surface area is 180 Å². The number of nitrogens with one attached hydrogen (secondary N) is 1. The number of aromatic nitrogens is 2. The zero-order valence-electron chi connectivity index (χ0n) is 16.5. The van der Waals surface area contributed by atoms with E-state index in [9.17, 15) is 13.2 Å². The highest BCUT2D eigenvalue weighted by Crippen LogP contribution is 2.22. The first kappa shape index (κ1) is 20.9. The number of carbonyl (C=O) groups excluding carboxylic acids is 1. The van der Waals surface area contributed by atoms with E-state index in [-0.39, 0.29) is 29.0 Å². The number of rotatable bonds is 7. The van der Waals surface area contributed by atoms with E-state index in [2.05, 4.69) is 31.1 Å². The van der Waals surface area contributed by atoms with Gasteiger partial charge in [-0.25, -0.2) is 8.42 Å². The minimum atomic E-state index is -3.60. The van der Waals surface area contributed by atoms with E-state index in [1.165, 1.54) is 11.6 Å². The van der Waals surface area contributed by atoms with Gasteiger partial charge in [0, 0.05) is 32.1 Å². The normalized spacial score (nSPS) is 16.0. The van der Waals surface area contributed by atoms with E-state index in [0.717, 1.165) is 44.2 Å². The lowest BCUT2D eigenvalue weighted by Gasteiger charge is -2.32. The lowest BCUT2D eigenvalue weighted by Crippen LogP contribution is -2.44. The summed E-state index contributed by atoms with van der Waals surface area (Å²) in [5.41, 5.74) is 2.23. The van der Waals surface area contributed by atoms with Gasteiger partial charge in [-0.3, -0.25) is 9.69 Å². The number of hydrogen-bond acceptors (Lipinski definition) is 7. The van der Waals surface area contributed by atoms with Crippen LogP contribution in [0.5, 0.6) is 0 Å². The third kappa shape index (κ3) is 5.03. The van der Waals surface area contributed by atoms with E-state index in [4.69, 9.17) is 0 Å². The molecule has 4 rings (SSSR count). The Morgan fingerprint density at radius 3 is 2.60 bits per heavy atom. The van der Waals surface area contributed by atoms with Gasteiger partial charge in [0.15, 0.2) is 9.84 Å². The summed E-state index contributed by atoms with van der Waals surface area (Å²) >= 11 is 0.984. The number of sulfone groups is 1. The minimum absolute atomic E-state index is 0.0550. The quantitative estimate of drug-likeness (QED) is 0.602. The molecule has 0 radical (unpaired) electrons. The first-order valence-corrected chi connectivity index (χ1v) is 12.4. The summed E-state index contributed by atoms with van der Waals surface area (Å²) in [7, 11) is -3.60. The van der Waals surface area contributed by atoms with Crippen molar-refractivity contribution in [2.45, 2.75) is 36.7 Å². The van der Waals surface area contributed by atoms with Crippen molar-refractivity contribution in [3.05, 3.63) is 54.1 Å². The Hall–Kier alpha value is -2.36. The lowest BCUT2D eigenvalue weighted by atomic mass is 10.0. The highest BCUT2D eigenvalue weighted by molar-refractivity contribution is 7.91. The minimum Gasteiger partial charge on any atom is -0.353 e. The molecule has 0 aliphatic carbocycles. The topological polar surface area (TPSA) is 92.3 Å². The van der Waals surface area contributed by atoms with Gasteiger partial charge in [-0.2, -0.15) is 8.75 Å². The largest absolute Gasteiger partial charge is 0.353 e. The molecular weight excluding hydrogens is 420 g/mol. The molecule has 2 heterocycles. The van der Waals surface area contributed by atoms with Gasteiger partial charge in [0.1, 0.15) is 11.0 Å². The monoisotopic (exact) mass is 444 g/mol. The highest BCUT2D eigenvalue weighted by Gasteiger charge is 2.24. The van der Waals surface area contributed by atoms with E-state index in [0.29, 0.717) is 11.0 Å². The molecule has 1 aliphatic heterocycles. The van der Waals surface area contributed by atoms with Crippen molar-refractivity contribution in [2.75, 3.05) is 18.8 Å². The van der Waals surface area contributed by atoms with Crippen LogP contribution in [0.4, 0.5) is 0 Å². The predicted molar refractivity (Wildman–Crippen MR) is 117 cm³/mol. The van der Waals surface area contributed by atoms with Gasteiger partial charge in [-0.15, -0.1) is 0 Å². The number of benzene rings is 2. The van der Waals surface area contributed by atoms with Crippen molar-refractivity contribution in [1.29, 1.82) is 0 Å². The second-order valence-electron chi connectivity index (χ2n) is 7.56. The van der Waals surface area contributed by atoms with Crippen LogP contribution < -0.4 is 5.32 Å². The summed E-state index contributed by atoms with van der Waals surface area (Å²) in [4.78, 5) is 14.9. The summed E-state index contributed by atoms with van der Waals surface area (Å²) in [6.45, 7) is 2.74. The number of hydrogen-bond donors (Lipinski definition) is 1. The Balaban J connectivity index is 1.26. The summed E-state index contributed by atoms with van der Waals surface area (Å²) in [5.74, 6) is -0.453. The molecule has 0 spiro atoms. The fourth-order valence-electron chi connectivity index (χ4n) is 3.75. The van der Waals surface area contributed by atoms with Gasteiger partial charge in [0.25, 0.3) is 0 Å².